The van der Waals surface area contributed by atoms with Crippen molar-refractivity contribution in [2.24, 2.45) is 11.3 Å². The second kappa shape index (κ2) is 5.94. The Morgan fingerprint density at radius 2 is 2.21 bits per heavy atom. The van der Waals surface area contributed by atoms with E-state index in [2.05, 4.69) is 27.6 Å². The Hall–Kier alpha value is -1.73. The lowest BCUT2D eigenvalue weighted by molar-refractivity contribution is 0.0238. The summed E-state index contributed by atoms with van der Waals surface area (Å²) in [5, 5.41) is 2.89. The third-order valence-corrected chi connectivity index (χ3v) is 3.39. The number of nitrogen functional groups attached to an aromatic ring is 1. The molecule has 0 radical (unpaired) electrons. The van der Waals surface area contributed by atoms with Crippen molar-refractivity contribution >= 4 is 11.7 Å². The van der Waals surface area contributed by atoms with Crippen LogP contribution in [-0.4, -0.2) is 35.6 Å². The molecular weight excluding hydrogens is 246 g/mol. The minimum absolute atomic E-state index is 0.0884. The number of nitrogens with one attached hydrogen (secondary N) is 2. The van der Waals surface area contributed by atoms with E-state index in [4.69, 9.17) is 10.6 Å². The summed E-state index contributed by atoms with van der Waals surface area (Å²) in [6.07, 6.45) is 4.77. The van der Waals surface area contributed by atoms with Crippen molar-refractivity contribution in [2.75, 3.05) is 25.2 Å². The van der Waals surface area contributed by atoms with Crippen molar-refractivity contribution in [3.63, 3.8) is 0 Å². The average Bonchev–Trinajstić information content (AvgIpc) is 2.46. The highest BCUT2D eigenvalue weighted by Gasteiger charge is 2.28. The van der Waals surface area contributed by atoms with Gasteiger partial charge >= 0.3 is 0 Å². The monoisotopic (exact) mass is 265 g/mol. The molecule has 1 aliphatic rings. The molecule has 2 rings (SSSR count). The maximum Gasteiger partial charge on any atom is 0.271 e. The van der Waals surface area contributed by atoms with Crippen molar-refractivity contribution in [1.29, 1.82) is 0 Å². The first-order valence-corrected chi connectivity index (χ1v) is 6.28. The molecule has 0 bridgehead atoms. The van der Waals surface area contributed by atoms with Gasteiger partial charge < -0.3 is 15.5 Å². The Balaban J connectivity index is 1.93. The van der Waals surface area contributed by atoms with Crippen LogP contribution < -0.4 is 16.6 Å². The Bertz CT molecular complexity index is 446. The average molecular weight is 265 g/mol. The van der Waals surface area contributed by atoms with Gasteiger partial charge in [-0.3, -0.25) is 9.78 Å². The molecule has 1 saturated heterocycles. The summed E-state index contributed by atoms with van der Waals surface area (Å²) in [7, 11) is 0. The number of ether oxygens (including phenoxy) is 1. The van der Waals surface area contributed by atoms with Crippen molar-refractivity contribution in [3.05, 3.63) is 18.1 Å². The van der Waals surface area contributed by atoms with E-state index in [1.165, 1.54) is 12.4 Å². The van der Waals surface area contributed by atoms with Gasteiger partial charge in [0, 0.05) is 19.8 Å². The predicted octanol–water partition coefficient (Wildman–Crippen LogP) is 0.309. The molecule has 7 nitrogen and oxygen atoms in total. The first kappa shape index (κ1) is 13.7. The van der Waals surface area contributed by atoms with Crippen molar-refractivity contribution < 1.29 is 9.53 Å². The SMILES string of the molecule is CC1(CNC(=O)c2cncc(NN)n2)CCOCC1. The maximum absolute atomic E-state index is 12.0. The zero-order valence-corrected chi connectivity index (χ0v) is 11.0. The zero-order chi connectivity index (χ0) is 13.7. The highest BCUT2D eigenvalue weighted by Crippen LogP contribution is 2.28. The van der Waals surface area contributed by atoms with E-state index in [1.807, 2.05) is 0 Å². The fraction of sp³-hybridized carbons (Fsp3) is 0.583. The molecule has 1 fully saturated rings. The molecule has 0 atom stereocenters. The van der Waals surface area contributed by atoms with E-state index < -0.39 is 0 Å². The van der Waals surface area contributed by atoms with E-state index >= 15 is 0 Å². The lowest BCUT2D eigenvalue weighted by Gasteiger charge is -2.33. The largest absolute Gasteiger partial charge is 0.381 e. The van der Waals surface area contributed by atoms with Crippen LogP contribution in [-0.2, 0) is 4.74 Å². The van der Waals surface area contributed by atoms with Crippen LogP contribution in [0, 0.1) is 5.41 Å². The van der Waals surface area contributed by atoms with Crippen LogP contribution in [0.3, 0.4) is 0 Å². The first-order chi connectivity index (χ1) is 9.13. The summed E-state index contributed by atoms with van der Waals surface area (Å²) in [6, 6.07) is 0. The summed E-state index contributed by atoms with van der Waals surface area (Å²) in [6.45, 7) is 4.26. The number of nitrogens with two attached hydrogens (primary N) is 1. The minimum atomic E-state index is -0.239. The molecule has 0 spiro atoms. The summed E-state index contributed by atoms with van der Waals surface area (Å²) < 4.78 is 5.33. The Morgan fingerprint density at radius 1 is 1.47 bits per heavy atom. The van der Waals surface area contributed by atoms with Gasteiger partial charge in [0.05, 0.1) is 12.4 Å². The highest BCUT2D eigenvalue weighted by atomic mass is 16.5. The molecule has 1 amide bonds. The van der Waals surface area contributed by atoms with Gasteiger partial charge in [0.1, 0.15) is 5.69 Å². The number of carbonyl (C=O) groups is 1. The molecule has 19 heavy (non-hydrogen) atoms. The van der Waals surface area contributed by atoms with Crippen molar-refractivity contribution in [2.45, 2.75) is 19.8 Å². The fourth-order valence-electron chi connectivity index (χ4n) is 1.97. The molecule has 0 aromatic carbocycles. The number of hydrogen-bond acceptors (Lipinski definition) is 6. The van der Waals surface area contributed by atoms with E-state index in [-0.39, 0.29) is 17.0 Å². The Kier molecular flexibility index (Phi) is 4.28. The van der Waals surface area contributed by atoms with Crippen molar-refractivity contribution in [1.82, 2.24) is 15.3 Å². The van der Waals surface area contributed by atoms with Gasteiger partial charge in [-0.2, -0.15) is 0 Å². The van der Waals surface area contributed by atoms with Gasteiger partial charge in [0.25, 0.3) is 5.91 Å². The maximum atomic E-state index is 12.0. The Labute approximate surface area is 111 Å². The fourth-order valence-corrected chi connectivity index (χ4v) is 1.97. The highest BCUT2D eigenvalue weighted by molar-refractivity contribution is 5.92. The molecule has 1 aliphatic heterocycles. The van der Waals surface area contributed by atoms with Crippen LogP contribution in [0.1, 0.15) is 30.3 Å². The third kappa shape index (κ3) is 3.62. The normalized spacial score (nSPS) is 17.8. The number of rotatable bonds is 4. The molecule has 7 heteroatoms. The topological polar surface area (TPSA) is 102 Å². The molecule has 1 aromatic rings. The predicted molar refractivity (Wildman–Crippen MR) is 70.3 cm³/mol. The quantitative estimate of drug-likeness (QED) is 0.535. The van der Waals surface area contributed by atoms with Gasteiger partial charge in [0.2, 0.25) is 0 Å². The minimum Gasteiger partial charge on any atom is -0.381 e. The molecule has 0 saturated carbocycles. The van der Waals surface area contributed by atoms with E-state index in [0.29, 0.717) is 12.4 Å². The van der Waals surface area contributed by atoms with Gasteiger partial charge in [-0.15, -0.1) is 0 Å². The molecule has 4 N–H and O–H groups in total. The molecule has 2 heterocycles. The lowest BCUT2D eigenvalue weighted by atomic mass is 9.82. The number of amides is 1. The van der Waals surface area contributed by atoms with Crippen LogP contribution in [0.4, 0.5) is 5.82 Å². The summed E-state index contributed by atoms with van der Waals surface area (Å²) >= 11 is 0. The first-order valence-electron chi connectivity index (χ1n) is 6.28. The second-order valence-corrected chi connectivity index (χ2v) is 5.04. The van der Waals surface area contributed by atoms with Crippen molar-refractivity contribution in [3.8, 4) is 0 Å². The molecular formula is C12H19N5O2. The van der Waals surface area contributed by atoms with E-state index in [9.17, 15) is 4.79 Å². The molecule has 0 aliphatic carbocycles. The third-order valence-electron chi connectivity index (χ3n) is 3.39. The van der Waals surface area contributed by atoms with Gasteiger partial charge in [-0.05, 0) is 18.3 Å². The summed E-state index contributed by atoms with van der Waals surface area (Å²) in [5.41, 5.74) is 2.71. The van der Waals surface area contributed by atoms with Gasteiger partial charge in [0.15, 0.2) is 5.82 Å². The standard InChI is InChI=1S/C12H19N5O2/c1-12(2-4-19-5-3-12)8-15-11(18)9-6-14-7-10(16-9)17-13/h6-7H,2-5,8,13H2,1H3,(H,15,18)(H,16,17). The van der Waals surface area contributed by atoms with Crippen LogP contribution in [0.5, 0.6) is 0 Å². The second-order valence-electron chi connectivity index (χ2n) is 5.04. The molecule has 0 unspecified atom stereocenters. The van der Waals surface area contributed by atoms with Crippen LogP contribution >= 0.6 is 0 Å². The van der Waals surface area contributed by atoms with Crippen LogP contribution in [0.15, 0.2) is 12.4 Å². The van der Waals surface area contributed by atoms with Gasteiger partial charge in [-0.25, -0.2) is 10.8 Å². The smallest absolute Gasteiger partial charge is 0.271 e. The number of anilines is 1. The number of nitrogens with zero attached hydrogens (tertiary/aromatic N) is 2. The number of hydrogen-bond donors (Lipinski definition) is 3. The summed E-state index contributed by atoms with van der Waals surface area (Å²) in [5.74, 6) is 5.36. The van der Waals surface area contributed by atoms with Crippen LogP contribution in [0.2, 0.25) is 0 Å². The lowest BCUT2D eigenvalue weighted by Crippen LogP contribution is -2.39. The Morgan fingerprint density at radius 3 is 2.89 bits per heavy atom. The molecule has 1 aromatic heterocycles. The number of hydrazine groups is 1. The van der Waals surface area contributed by atoms with Crippen LogP contribution in [0.25, 0.3) is 0 Å². The number of carbonyl (C=O) groups excluding carboxylic acids is 1. The number of aromatic nitrogens is 2. The molecule has 104 valence electrons. The zero-order valence-electron chi connectivity index (χ0n) is 11.0. The van der Waals surface area contributed by atoms with Gasteiger partial charge in [-0.1, -0.05) is 6.92 Å². The summed E-state index contributed by atoms with van der Waals surface area (Å²) in [4.78, 5) is 19.9. The van der Waals surface area contributed by atoms with E-state index in [0.717, 1.165) is 26.1 Å². The van der Waals surface area contributed by atoms with E-state index in [1.54, 1.807) is 0 Å².